The van der Waals surface area contributed by atoms with Crippen molar-refractivity contribution in [1.29, 1.82) is 0 Å². The van der Waals surface area contributed by atoms with Gasteiger partial charge in [0.25, 0.3) is 0 Å². The largest absolute Gasteiger partial charge is 0.465 e. The molecule has 0 N–H and O–H groups in total. The van der Waals surface area contributed by atoms with Crippen LogP contribution < -0.4 is 0 Å². The number of hydrogen-bond acceptors (Lipinski definition) is 4. The van der Waals surface area contributed by atoms with Crippen LogP contribution in [0.15, 0.2) is 0 Å². The summed E-state index contributed by atoms with van der Waals surface area (Å²) in [7, 11) is 1.58. The van der Waals surface area contributed by atoms with E-state index in [-0.39, 0.29) is 11.8 Å². The average Bonchev–Trinajstić information content (AvgIpc) is 2.28. The summed E-state index contributed by atoms with van der Waals surface area (Å²) in [6.45, 7) is 2.50. The van der Waals surface area contributed by atoms with Crippen molar-refractivity contribution in [3.05, 3.63) is 0 Å². The van der Waals surface area contributed by atoms with Crippen molar-refractivity contribution in [3.8, 4) is 0 Å². The molecule has 0 amide bonds. The minimum Gasteiger partial charge on any atom is -0.465 e. The second-order valence-electron chi connectivity index (χ2n) is 4.18. The SMILES string of the molecule is CCOC(=O)[C@@]1(CCOC)CCCCC1=O. The maximum absolute atomic E-state index is 12.0. The zero-order valence-corrected chi connectivity index (χ0v) is 10.1. The van der Waals surface area contributed by atoms with E-state index in [0.29, 0.717) is 32.5 Å². The normalized spacial score (nSPS) is 25.5. The number of hydrogen-bond donors (Lipinski definition) is 0. The van der Waals surface area contributed by atoms with Gasteiger partial charge in [0.1, 0.15) is 11.2 Å². The molecular formula is C12H20O4. The van der Waals surface area contributed by atoms with Gasteiger partial charge >= 0.3 is 5.97 Å². The summed E-state index contributed by atoms with van der Waals surface area (Å²) in [5.41, 5.74) is -0.926. The summed E-state index contributed by atoms with van der Waals surface area (Å²) in [5.74, 6) is -0.342. The fraction of sp³-hybridized carbons (Fsp3) is 0.833. The monoisotopic (exact) mass is 228 g/mol. The van der Waals surface area contributed by atoms with E-state index in [0.717, 1.165) is 12.8 Å². The molecule has 0 aromatic heterocycles. The van der Waals surface area contributed by atoms with Crippen molar-refractivity contribution in [2.75, 3.05) is 20.3 Å². The van der Waals surface area contributed by atoms with E-state index in [1.807, 2.05) is 0 Å². The summed E-state index contributed by atoms with van der Waals surface area (Å²) in [5, 5.41) is 0. The van der Waals surface area contributed by atoms with Gasteiger partial charge in [-0.05, 0) is 26.2 Å². The molecule has 0 aliphatic heterocycles. The van der Waals surface area contributed by atoms with Gasteiger partial charge in [0.15, 0.2) is 0 Å². The molecule has 1 aliphatic rings. The van der Waals surface area contributed by atoms with Crippen LogP contribution in [-0.2, 0) is 19.1 Å². The zero-order chi connectivity index (χ0) is 12.0. The first-order chi connectivity index (χ1) is 7.67. The van der Waals surface area contributed by atoms with E-state index in [2.05, 4.69) is 0 Å². The van der Waals surface area contributed by atoms with Gasteiger partial charge in [0.2, 0.25) is 0 Å². The number of esters is 1. The molecular weight excluding hydrogens is 208 g/mol. The molecule has 92 valence electrons. The Morgan fingerprint density at radius 1 is 1.44 bits per heavy atom. The first kappa shape index (κ1) is 13.2. The molecule has 1 fully saturated rings. The van der Waals surface area contributed by atoms with Crippen LogP contribution in [0.4, 0.5) is 0 Å². The third-order valence-electron chi connectivity index (χ3n) is 3.19. The molecule has 1 rings (SSSR count). The number of carbonyl (C=O) groups is 2. The third-order valence-corrected chi connectivity index (χ3v) is 3.19. The molecule has 0 heterocycles. The van der Waals surface area contributed by atoms with Gasteiger partial charge < -0.3 is 9.47 Å². The topological polar surface area (TPSA) is 52.6 Å². The first-order valence-electron chi connectivity index (χ1n) is 5.87. The Balaban J connectivity index is 2.81. The van der Waals surface area contributed by atoms with Crippen LogP contribution in [0.5, 0.6) is 0 Å². The molecule has 0 bridgehead atoms. The Labute approximate surface area is 96.3 Å². The predicted octanol–water partition coefficient (Wildman–Crippen LogP) is 1.72. The van der Waals surface area contributed by atoms with Crippen molar-refractivity contribution in [2.45, 2.75) is 39.0 Å². The van der Waals surface area contributed by atoms with Crippen molar-refractivity contribution >= 4 is 11.8 Å². The van der Waals surface area contributed by atoms with Crippen molar-refractivity contribution in [3.63, 3.8) is 0 Å². The molecule has 0 aromatic carbocycles. The van der Waals surface area contributed by atoms with Gasteiger partial charge in [-0.3, -0.25) is 9.59 Å². The Hall–Kier alpha value is -0.900. The number of ether oxygens (including phenoxy) is 2. The molecule has 0 aromatic rings. The van der Waals surface area contributed by atoms with E-state index in [1.165, 1.54) is 0 Å². The molecule has 0 radical (unpaired) electrons. The van der Waals surface area contributed by atoms with Crippen LogP contribution in [0.25, 0.3) is 0 Å². The zero-order valence-electron chi connectivity index (χ0n) is 10.1. The van der Waals surface area contributed by atoms with Crippen LogP contribution in [-0.4, -0.2) is 32.1 Å². The van der Waals surface area contributed by atoms with Gasteiger partial charge in [0, 0.05) is 20.1 Å². The van der Waals surface area contributed by atoms with Gasteiger partial charge in [-0.2, -0.15) is 0 Å². The lowest BCUT2D eigenvalue weighted by molar-refractivity contribution is -0.163. The van der Waals surface area contributed by atoms with Crippen LogP contribution in [0.1, 0.15) is 39.0 Å². The Morgan fingerprint density at radius 2 is 2.19 bits per heavy atom. The standard InChI is InChI=1S/C12H20O4/c1-3-16-11(14)12(8-9-15-2)7-5-4-6-10(12)13/h3-9H2,1-2H3/t12-/m1/s1. The Kier molecular flexibility index (Phi) is 4.93. The Bertz CT molecular complexity index is 262. The quantitative estimate of drug-likeness (QED) is 0.531. The highest BCUT2D eigenvalue weighted by Crippen LogP contribution is 2.37. The van der Waals surface area contributed by atoms with E-state index < -0.39 is 5.41 Å². The lowest BCUT2D eigenvalue weighted by atomic mass is 9.71. The summed E-state index contributed by atoms with van der Waals surface area (Å²) in [4.78, 5) is 23.9. The number of methoxy groups -OCH3 is 1. The number of Topliss-reactive ketones (excluding diaryl/α,β-unsaturated/α-hetero) is 1. The summed E-state index contributed by atoms with van der Waals surface area (Å²) in [6, 6.07) is 0. The molecule has 0 saturated heterocycles. The van der Waals surface area contributed by atoms with Crippen molar-refractivity contribution in [2.24, 2.45) is 5.41 Å². The average molecular weight is 228 g/mol. The lowest BCUT2D eigenvalue weighted by Gasteiger charge is -2.33. The van der Waals surface area contributed by atoms with Crippen molar-refractivity contribution in [1.82, 2.24) is 0 Å². The maximum atomic E-state index is 12.0. The minimum atomic E-state index is -0.926. The van der Waals surface area contributed by atoms with Gasteiger partial charge in [0.05, 0.1) is 6.61 Å². The predicted molar refractivity (Wildman–Crippen MR) is 59.0 cm³/mol. The summed E-state index contributed by atoms with van der Waals surface area (Å²) < 4.78 is 10.0. The molecule has 1 saturated carbocycles. The summed E-state index contributed by atoms with van der Waals surface area (Å²) in [6.07, 6.45) is 3.33. The fourth-order valence-corrected chi connectivity index (χ4v) is 2.22. The van der Waals surface area contributed by atoms with Gasteiger partial charge in [-0.25, -0.2) is 0 Å². The van der Waals surface area contributed by atoms with Crippen LogP contribution >= 0.6 is 0 Å². The lowest BCUT2D eigenvalue weighted by Crippen LogP contribution is -2.43. The summed E-state index contributed by atoms with van der Waals surface area (Å²) >= 11 is 0. The van der Waals surface area contributed by atoms with E-state index in [9.17, 15) is 9.59 Å². The molecule has 1 atom stereocenters. The number of ketones is 1. The molecule has 16 heavy (non-hydrogen) atoms. The molecule has 1 aliphatic carbocycles. The second-order valence-corrected chi connectivity index (χ2v) is 4.18. The van der Waals surface area contributed by atoms with E-state index in [1.54, 1.807) is 14.0 Å². The highest BCUT2D eigenvalue weighted by atomic mass is 16.5. The smallest absolute Gasteiger partial charge is 0.319 e. The third kappa shape index (κ3) is 2.61. The van der Waals surface area contributed by atoms with E-state index in [4.69, 9.17) is 9.47 Å². The fourth-order valence-electron chi connectivity index (χ4n) is 2.22. The van der Waals surface area contributed by atoms with E-state index >= 15 is 0 Å². The molecule has 4 heteroatoms. The number of rotatable bonds is 5. The second kappa shape index (κ2) is 5.99. The number of carbonyl (C=O) groups excluding carboxylic acids is 2. The minimum absolute atomic E-state index is 0.0225. The van der Waals surface area contributed by atoms with Crippen LogP contribution in [0.3, 0.4) is 0 Å². The Morgan fingerprint density at radius 3 is 2.75 bits per heavy atom. The maximum Gasteiger partial charge on any atom is 0.319 e. The molecule has 0 unspecified atom stereocenters. The van der Waals surface area contributed by atoms with Gasteiger partial charge in [-0.1, -0.05) is 6.42 Å². The van der Waals surface area contributed by atoms with Crippen molar-refractivity contribution < 1.29 is 19.1 Å². The van der Waals surface area contributed by atoms with Gasteiger partial charge in [-0.15, -0.1) is 0 Å². The highest BCUT2D eigenvalue weighted by molar-refractivity contribution is 6.04. The highest BCUT2D eigenvalue weighted by Gasteiger charge is 2.47. The van der Waals surface area contributed by atoms with Crippen LogP contribution in [0.2, 0.25) is 0 Å². The first-order valence-corrected chi connectivity index (χ1v) is 5.87. The van der Waals surface area contributed by atoms with Crippen LogP contribution in [0, 0.1) is 5.41 Å². The molecule has 4 nitrogen and oxygen atoms in total. The molecule has 0 spiro atoms.